The Bertz CT molecular complexity index is 1900. The number of hydrogen-bond acceptors (Lipinski definition) is 6. The van der Waals surface area contributed by atoms with Crippen LogP contribution in [-0.4, -0.2) is 72.3 Å². The van der Waals surface area contributed by atoms with Crippen LogP contribution in [0.1, 0.15) is 115 Å². The molecule has 0 radical (unpaired) electrons. The van der Waals surface area contributed by atoms with Gasteiger partial charge in [0.15, 0.2) is 0 Å². The molecule has 1 saturated carbocycles. The van der Waals surface area contributed by atoms with E-state index < -0.39 is 11.2 Å². The number of ether oxygens (including phenoxy) is 2. The molecule has 3 aliphatic rings. The van der Waals surface area contributed by atoms with Gasteiger partial charge in [0.25, 0.3) is 0 Å². The quantitative estimate of drug-likeness (QED) is 0.208. The summed E-state index contributed by atoms with van der Waals surface area (Å²) < 4.78 is 11.4. The molecule has 2 N–H and O–H groups in total. The molecule has 51 heavy (non-hydrogen) atoms. The maximum absolute atomic E-state index is 13.0. The molecule has 4 aromatic rings. The van der Waals surface area contributed by atoms with Crippen molar-refractivity contribution in [2.45, 2.75) is 123 Å². The summed E-state index contributed by atoms with van der Waals surface area (Å²) in [5, 5.41) is 0. The molecular weight excluding hydrogens is 640 g/mol. The summed E-state index contributed by atoms with van der Waals surface area (Å²) in [6.07, 6.45) is 7.99. The van der Waals surface area contributed by atoms with Gasteiger partial charge >= 0.3 is 12.2 Å². The SMILES string of the molecule is CCN(C(=O)OC(C)(C)C)[C@H]1CCC[C@@H]1c1ncc(-c2ccc(-c3ccc4c(c3)CCc3[nH]c([C@@H]5CCCN5C(=O)OC(C)(C)C)nc3-4)cc2)[nH]1. The number of nitrogens with zero attached hydrogens (tertiary/aromatic N) is 4. The Morgan fingerprint density at radius 3 is 2.31 bits per heavy atom. The van der Waals surface area contributed by atoms with E-state index in [1.807, 2.05) is 64.5 Å². The van der Waals surface area contributed by atoms with Gasteiger partial charge < -0.3 is 24.3 Å². The molecule has 7 rings (SSSR count). The number of aryl methyl sites for hydroxylation is 2. The zero-order valence-corrected chi connectivity index (χ0v) is 31.1. The van der Waals surface area contributed by atoms with Gasteiger partial charge in [-0.25, -0.2) is 19.6 Å². The Labute approximate surface area is 301 Å². The standard InChI is InChI=1S/C41H52N6O4/c1-8-46(38(48)50-40(2,3)4)33-12-9-11-30(33)36-42-24-32(44-36)26-16-14-25(15-17-26)27-18-20-29-28(23-27)19-21-31-35(29)45-37(43-31)34-13-10-22-47(34)39(49)51-41(5,6)7/h14-18,20,23-24,30,33-34H,8-13,19,21-22H2,1-7H3,(H,42,44)(H,43,45)/t30-,33-,34-/m0/s1. The lowest BCUT2D eigenvalue weighted by Gasteiger charge is -2.33. The number of amides is 2. The summed E-state index contributed by atoms with van der Waals surface area (Å²) in [6.45, 7) is 14.7. The third-order valence-corrected chi connectivity index (χ3v) is 10.3. The van der Waals surface area contributed by atoms with E-state index in [4.69, 9.17) is 19.4 Å². The molecule has 3 atom stereocenters. The van der Waals surface area contributed by atoms with Gasteiger partial charge in [-0.15, -0.1) is 0 Å². The van der Waals surface area contributed by atoms with Gasteiger partial charge in [-0.1, -0.05) is 48.9 Å². The molecule has 0 spiro atoms. The first-order chi connectivity index (χ1) is 24.3. The molecule has 10 nitrogen and oxygen atoms in total. The van der Waals surface area contributed by atoms with Crippen molar-refractivity contribution in [3.63, 3.8) is 0 Å². The lowest BCUT2D eigenvalue weighted by molar-refractivity contribution is 0.0158. The number of carbonyl (C=O) groups excluding carboxylic acids is 2. The average Bonchev–Trinajstić information content (AvgIpc) is 3.89. The highest BCUT2D eigenvalue weighted by Gasteiger charge is 2.39. The van der Waals surface area contributed by atoms with Gasteiger partial charge in [0, 0.05) is 36.3 Å². The largest absolute Gasteiger partial charge is 0.444 e. The maximum Gasteiger partial charge on any atom is 0.410 e. The lowest BCUT2D eigenvalue weighted by atomic mass is 9.89. The molecule has 1 aliphatic heterocycles. The second kappa shape index (κ2) is 13.5. The van der Waals surface area contributed by atoms with E-state index in [1.165, 1.54) is 11.1 Å². The fourth-order valence-corrected chi connectivity index (χ4v) is 8.02. The highest BCUT2D eigenvalue weighted by Crippen LogP contribution is 2.40. The zero-order chi connectivity index (χ0) is 36.1. The van der Waals surface area contributed by atoms with Gasteiger partial charge in [-0.3, -0.25) is 4.90 Å². The smallest absolute Gasteiger partial charge is 0.410 e. The number of carbonyl (C=O) groups is 2. The van der Waals surface area contributed by atoms with Crippen LogP contribution in [0.2, 0.25) is 0 Å². The molecule has 2 fully saturated rings. The number of imidazole rings is 2. The molecule has 2 aromatic heterocycles. The first-order valence-corrected chi connectivity index (χ1v) is 18.6. The Morgan fingerprint density at radius 2 is 1.59 bits per heavy atom. The van der Waals surface area contributed by atoms with Crippen molar-refractivity contribution in [1.29, 1.82) is 0 Å². The predicted molar refractivity (Wildman–Crippen MR) is 198 cm³/mol. The van der Waals surface area contributed by atoms with Crippen LogP contribution in [0.5, 0.6) is 0 Å². The monoisotopic (exact) mass is 692 g/mol. The number of aromatic nitrogens is 4. The van der Waals surface area contributed by atoms with Crippen molar-refractivity contribution in [2.24, 2.45) is 0 Å². The van der Waals surface area contributed by atoms with E-state index in [2.05, 4.69) is 52.4 Å². The summed E-state index contributed by atoms with van der Waals surface area (Å²) in [6, 6.07) is 15.3. The van der Waals surface area contributed by atoms with E-state index in [-0.39, 0.29) is 30.2 Å². The third kappa shape index (κ3) is 7.28. The van der Waals surface area contributed by atoms with Gasteiger partial charge in [0.2, 0.25) is 0 Å². The molecular formula is C41H52N6O4. The minimum absolute atomic E-state index is 0.0639. The number of fused-ring (bicyclic) bond motifs is 3. The van der Waals surface area contributed by atoms with E-state index in [0.717, 1.165) is 90.4 Å². The van der Waals surface area contributed by atoms with Crippen LogP contribution in [0, 0.1) is 0 Å². The highest BCUT2D eigenvalue weighted by molar-refractivity contribution is 5.76. The van der Waals surface area contributed by atoms with Crippen LogP contribution in [-0.2, 0) is 22.3 Å². The molecule has 0 unspecified atom stereocenters. The molecule has 270 valence electrons. The average molecular weight is 693 g/mol. The van der Waals surface area contributed by atoms with Crippen LogP contribution in [0.4, 0.5) is 9.59 Å². The zero-order valence-electron chi connectivity index (χ0n) is 31.1. The molecule has 3 heterocycles. The number of benzene rings is 2. The van der Waals surface area contributed by atoms with Crippen LogP contribution >= 0.6 is 0 Å². The molecule has 2 aromatic carbocycles. The molecule has 0 bridgehead atoms. The van der Waals surface area contributed by atoms with E-state index in [9.17, 15) is 9.59 Å². The predicted octanol–water partition coefficient (Wildman–Crippen LogP) is 9.20. The van der Waals surface area contributed by atoms with Crippen molar-refractivity contribution in [3.05, 3.63) is 71.6 Å². The van der Waals surface area contributed by atoms with E-state index in [0.29, 0.717) is 13.1 Å². The minimum atomic E-state index is -0.534. The van der Waals surface area contributed by atoms with Crippen molar-refractivity contribution < 1.29 is 19.1 Å². The highest BCUT2D eigenvalue weighted by atomic mass is 16.6. The topological polar surface area (TPSA) is 116 Å². The molecule has 2 aliphatic carbocycles. The number of H-pyrrole nitrogens is 2. The van der Waals surface area contributed by atoms with E-state index >= 15 is 0 Å². The Balaban J connectivity index is 1.05. The summed E-state index contributed by atoms with van der Waals surface area (Å²) in [5.41, 5.74) is 7.89. The van der Waals surface area contributed by atoms with Gasteiger partial charge in [-0.2, -0.15) is 0 Å². The van der Waals surface area contributed by atoms with Crippen molar-refractivity contribution in [1.82, 2.24) is 29.7 Å². The van der Waals surface area contributed by atoms with Crippen molar-refractivity contribution >= 4 is 12.2 Å². The fourth-order valence-electron chi connectivity index (χ4n) is 8.02. The Morgan fingerprint density at radius 1 is 0.863 bits per heavy atom. The molecule has 10 heteroatoms. The van der Waals surface area contributed by atoms with Crippen LogP contribution < -0.4 is 0 Å². The molecule has 1 saturated heterocycles. The number of rotatable bonds is 6. The summed E-state index contributed by atoms with van der Waals surface area (Å²) in [5.74, 6) is 1.93. The van der Waals surface area contributed by atoms with E-state index in [1.54, 1.807) is 0 Å². The second-order valence-corrected chi connectivity index (χ2v) is 16.3. The van der Waals surface area contributed by atoms with Crippen molar-refractivity contribution in [3.8, 4) is 33.6 Å². The first-order valence-electron chi connectivity index (χ1n) is 18.6. The number of nitrogens with one attached hydrogen (secondary N) is 2. The maximum atomic E-state index is 13.0. The summed E-state index contributed by atoms with van der Waals surface area (Å²) in [4.78, 5) is 46.8. The number of likely N-dealkylation sites (tertiary alicyclic amines) is 1. The second-order valence-electron chi connectivity index (χ2n) is 16.3. The summed E-state index contributed by atoms with van der Waals surface area (Å²) in [7, 11) is 0. The van der Waals surface area contributed by atoms with Crippen LogP contribution in [0.3, 0.4) is 0 Å². The van der Waals surface area contributed by atoms with Gasteiger partial charge in [0.1, 0.15) is 22.9 Å². The lowest BCUT2D eigenvalue weighted by Crippen LogP contribution is -2.44. The van der Waals surface area contributed by atoms with Crippen LogP contribution in [0.25, 0.3) is 33.6 Å². The van der Waals surface area contributed by atoms with Gasteiger partial charge in [-0.05, 0) is 109 Å². The third-order valence-electron chi connectivity index (χ3n) is 10.3. The van der Waals surface area contributed by atoms with Crippen LogP contribution in [0.15, 0.2) is 48.7 Å². The Kier molecular flexibility index (Phi) is 9.23. The van der Waals surface area contributed by atoms with Gasteiger partial charge in [0.05, 0.1) is 23.6 Å². The number of likely N-dealkylation sites (N-methyl/N-ethyl adjacent to an activating group) is 1. The fraction of sp³-hybridized carbons (Fsp3) is 0.512. The Hall–Kier alpha value is -4.60. The summed E-state index contributed by atoms with van der Waals surface area (Å²) >= 11 is 0. The first kappa shape index (κ1) is 34.8. The van der Waals surface area contributed by atoms with Crippen molar-refractivity contribution in [2.75, 3.05) is 13.1 Å². The number of aromatic amines is 2. The minimum Gasteiger partial charge on any atom is -0.444 e. The number of hydrogen-bond donors (Lipinski definition) is 2. The normalized spacial score (nSPS) is 20.2. The molecule has 2 amide bonds.